The maximum atomic E-state index is 12.5. The molecule has 0 bridgehead atoms. The molecule has 0 aliphatic carbocycles. The number of ether oxygens (including phenoxy) is 1. The van der Waals surface area contributed by atoms with Gasteiger partial charge in [-0.25, -0.2) is 13.1 Å². The van der Waals surface area contributed by atoms with Gasteiger partial charge in [-0.1, -0.05) is 23.8 Å². The number of aryl methyl sites for hydroxylation is 1. The Kier molecular flexibility index (Phi) is 7.71. The van der Waals surface area contributed by atoms with Gasteiger partial charge in [0, 0.05) is 35.9 Å². The third-order valence-corrected chi connectivity index (χ3v) is 7.04. The molecule has 0 spiro atoms. The fraction of sp³-hybridized carbons (Fsp3) is 0.381. The van der Waals surface area contributed by atoms with Crippen molar-refractivity contribution in [2.24, 2.45) is 0 Å². The average Bonchev–Trinajstić information content (AvgIpc) is 3.25. The number of hydrogen-bond acceptors (Lipinski definition) is 5. The summed E-state index contributed by atoms with van der Waals surface area (Å²) >= 11 is 1.66. The second kappa shape index (κ2) is 10.2. The van der Waals surface area contributed by atoms with Crippen LogP contribution in [0.4, 0.5) is 0 Å². The second-order valence-corrected chi connectivity index (χ2v) is 9.87. The molecule has 0 radical (unpaired) electrons. The second-order valence-electron chi connectivity index (χ2n) is 6.93. The molecule has 1 heterocycles. The standard InChI is InChI=1S/C21H26N2O4S2/c1-16-7-9-19(10-8-16)28-13-11-22-21(24)17-4-2-6-20(14-17)29(25,26)23-15-18-5-3-12-27-18/h2,4,6-10,14,18,23H,3,5,11-13,15H2,1H3,(H,22,24). The van der Waals surface area contributed by atoms with Gasteiger partial charge in [0.15, 0.2) is 0 Å². The maximum absolute atomic E-state index is 12.5. The summed E-state index contributed by atoms with van der Waals surface area (Å²) in [4.78, 5) is 13.6. The average molecular weight is 435 g/mol. The molecular formula is C21H26N2O4S2. The molecule has 0 saturated carbocycles. The Hall–Kier alpha value is -1.87. The van der Waals surface area contributed by atoms with Gasteiger partial charge in [-0.3, -0.25) is 4.79 Å². The molecule has 29 heavy (non-hydrogen) atoms. The van der Waals surface area contributed by atoms with E-state index in [9.17, 15) is 13.2 Å². The fourth-order valence-electron chi connectivity index (χ4n) is 2.97. The molecule has 1 saturated heterocycles. The van der Waals surface area contributed by atoms with Crippen molar-refractivity contribution < 1.29 is 17.9 Å². The Morgan fingerprint density at radius 3 is 2.72 bits per heavy atom. The molecule has 1 fully saturated rings. The first-order valence-corrected chi connectivity index (χ1v) is 12.1. The fourth-order valence-corrected chi connectivity index (χ4v) is 4.85. The van der Waals surface area contributed by atoms with Crippen molar-refractivity contribution in [3.63, 3.8) is 0 Å². The number of thioether (sulfide) groups is 1. The highest BCUT2D eigenvalue weighted by atomic mass is 32.2. The third kappa shape index (κ3) is 6.57. The van der Waals surface area contributed by atoms with Crippen LogP contribution in [0.5, 0.6) is 0 Å². The van der Waals surface area contributed by atoms with E-state index in [4.69, 9.17) is 4.74 Å². The molecule has 1 atom stereocenters. The lowest BCUT2D eigenvalue weighted by Gasteiger charge is -2.12. The summed E-state index contributed by atoms with van der Waals surface area (Å²) in [5.41, 5.74) is 1.54. The van der Waals surface area contributed by atoms with Crippen molar-refractivity contribution in [1.29, 1.82) is 0 Å². The van der Waals surface area contributed by atoms with E-state index >= 15 is 0 Å². The molecule has 156 valence electrons. The first-order chi connectivity index (χ1) is 13.9. The Morgan fingerprint density at radius 2 is 2.00 bits per heavy atom. The van der Waals surface area contributed by atoms with Gasteiger partial charge >= 0.3 is 0 Å². The maximum Gasteiger partial charge on any atom is 0.251 e. The van der Waals surface area contributed by atoms with Gasteiger partial charge in [0.05, 0.1) is 11.0 Å². The molecule has 1 aliphatic rings. The highest BCUT2D eigenvalue weighted by Gasteiger charge is 2.21. The Bertz CT molecular complexity index is 924. The van der Waals surface area contributed by atoms with Crippen molar-refractivity contribution in [2.75, 3.05) is 25.4 Å². The van der Waals surface area contributed by atoms with Crippen LogP contribution in [0.2, 0.25) is 0 Å². The van der Waals surface area contributed by atoms with Crippen LogP contribution in [0.15, 0.2) is 58.3 Å². The summed E-state index contributed by atoms with van der Waals surface area (Å²) in [7, 11) is -3.68. The van der Waals surface area contributed by atoms with Gasteiger partial charge in [-0.15, -0.1) is 11.8 Å². The van der Waals surface area contributed by atoms with E-state index in [0.717, 1.165) is 23.5 Å². The molecule has 8 heteroatoms. The number of carbonyl (C=O) groups excluding carboxylic acids is 1. The molecule has 1 amide bonds. The lowest BCUT2D eigenvalue weighted by atomic mass is 10.2. The van der Waals surface area contributed by atoms with Gasteiger partial charge in [-0.05, 0) is 50.1 Å². The Balaban J connectivity index is 1.50. The number of sulfonamides is 1. The van der Waals surface area contributed by atoms with E-state index in [0.29, 0.717) is 18.7 Å². The zero-order valence-corrected chi connectivity index (χ0v) is 18.0. The zero-order valence-electron chi connectivity index (χ0n) is 16.4. The number of rotatable bonds is 9. The molecule has 1 unspecified atom stereocenters. The smallest absolute Gasteiger partial charge is 0.251 e. The number of amides is 1. The number of carbonyl (C=O) groups is 1. The number of benzene rings is 2. The first-order valence-electron chi connectivity index (χ1n) is 9.63. The van der Waals surface area contributed by atoms with Crippen LogP contribution >= 0.6 is 11.8 Å². The van der Waals surface area contributed by atoms with Crippen LogP contribution in [0.1, 0.15) is 28.8 Å². The van der Waals surface area contributed by atoms with Crippen molar-refractivity contribution in [3.8, 4) is 0 Å². The minimum Gasteiger partial charge on any atom is -0.377 e. The van der Waals surface area contributed by atoms with E-state index in [1.807, 2.05) is 6.92 Å². The summed E-state index contributed by atoms with van der Waals surface area (Å²) in [6.07, 6.45) is 1.72. The van der Waals surface area contributed by atoms with Gasteiger partial charge < -0.3 is 10.1 Å². The van der Waals surface area contributed by atoms with E-state index in [1.165, 1.54) is 17.7 Å². The molecule has 0 aromatic heterocycles. The molecule has 3 rings (SSSR count). The lowest BCUT2D eigenvalue weighted by molar-refractivity contribution is 0.0956. The summed E-state index contributed by atoms with van der Waals surface area (Å²) in [5.74, 6) is 0.445. The molecule has 6 nitrogen and oxygen atoms in total. The van der Waals surface area contributed by atoms with E-state index in [1.54, 1.807) is 23.9 Å². The van der Waals surface area contributed by atoms with E-state index in [-0.39, 0.29) is 23.5 Å². The van der Waals surface area contributed by atoms with Gasteiger partial charge in [0.25, 0.3) is 5.91 Å². The monoisotopic (exact) mass is 434 g/mol. The predicted molar refractivity (Wildman–Crippen MR) is 115 cm³/mol. The molecule has 2 aromatic rings. The van der Waals surface area contributed by atoms with Crippen LogP contribution < -0.4 is 10.0 Å². The highest BCUT2D eigenvalue weighted by molar-refractivity contribution is 7.99. The van der Waals surface area contributed by atoms with Crippen molar-refractivity contribution in [1.82, 2.24) is 10.0 Å². The first kappa shape index (κ1) is 21.8. The van der Waals surface area contributed by atoms with Gasteiger partial charge in [0.2, 0.25) is 10.0 Å². The Labute approximate surface area is 176 Å². The zero-order chi connectivity index (χ0) is 20.7. The van der Waals surface area contributed by atoms with Crippen LogP contribution in [0, 0.1) is 6.92 Å². The van der Waals surface area contributed by atoms with E-state index < -0.39 is 10.0 Å². The third-order valence-electron chi connectivity index (χ3n) is 4.61. The van der Waals surface area contributed by atoms with Crippen molar-refractivity contribution >= 4 is 27.7 Å². The Morgan fingerprint density at radius 1 is 1.21 bits per heavy atom. The predicted octanol–water partition coefficient (Wildman–Crippen LogP) is 2.97. The summed E-state index contributed by atoms with van der Waals surface area (Å²) in [6, 6.07) is 14.3. The minimum atomic E-state index is -3.68. The molecule has 2 aromatic carbocycles. The van der Waals surface area contributed by atoms with E-state index in [2.05, 4.69) is 34.3 Å². The lowest BCUT2D eigenvalue weighted by Crippen LogP contribution is -2.32. The summed E-state index contributed by atoms with van der Waals surface area (Å²) in [6.45, 7) is 3.45. The summed E-state index contributed by atoms with van der Waals surface area (Å²) < 4.78 is 33.0. The van der Waals surface area contributed by atoms with Gasteiger partial charge in [-0.2, -0.15) is 0 Å². The number of nitrogens with one attached hydrogen (secondary N) is 2. The SMILES string of the molecule is Cc1ccc(SCCNC(=O)c2cccc(S(=O)(=O)NCC3CCCO3)c2)cc1. The normalized spacial score (nSPS) is 16.7. The number of hydrogen-bond donors (Lipinski definition) is 2. The molecule has 2 N–H and O–H groups in total. The highest BCUT2D eigenvalue weighted by Crippen LogP contribution is 2.18. The largest absolute Gasteiger partial charge is 0.377 e. The molecular weight excluding hydrogens is 408 g/mol. The van der Waals surface area contributed by atoms with Crippen LogP contribution in [0.3, 0.4) is 0 Å². The van der Waals surface area contributed by atoms with Crippen LogP contribution in [-0.4, -0.2) is 45.9 Å². The minimum absolute atomic E-state index is 0.0807. The van der Waals surface area contributed by atoms with Gasteiger partial charge in [0.1, 0.15) is 0 Å². The van der Waals surface area contributed by atoms with Crippen LogP contribution in [0.25, 0.3) is 0 Å². The molecule has 1 aliphatic heterocycles. The van der Waals surface area contributed by atoms with Crippen LogP contribution in [-0.2, 0) is 14.8 Å². The van der Waals surface area contributed by atoms with Crippen molar-refractivity contribution in [3.05, 3.63) is 59.7 Å². The van der Waals surface area contributed by atoms with Crippen molar-refractivity contribution in [2.45, 2.75) is 35.7 Å². The topological polar surface area (TPSA) is 84.5 Å². The summed E-state index contributed by atoms with van der Waals surface area (Å²) in [5, 5.41) is 2.84. The quantitative estimate of drug-likeness (QED) is 0.468.